The standard InChI is InChI=1S/C14H15Cl2NO.C2H6/c1-4-9-13(17-18-14(9)8(2)3)12-10(15)6-5-7-11(12)16;1-2/h5-8H,4H2,1-3H3;1-2H3. The third-order valence-corrected chi connectivity index (χ3v) is 3.53. The number of benzene rings is 1. The van der Waals surface area contributed by atoms with Gasteiger partial charge in [-0.3, -0.25) is 0 Å². The predicted octanol–water partition coefficient (Wildman–Crippen LogP) is 6.36. The molecule has 0 aliphatic heterocycles. The van der Waals surface area contributed by atoms with Crippen LogP contribution in [-0.2, 0) is 6.42 Å². The molecule has 0 unspecified atom stereocenters. The lowest BCUT2D eigenvalue weighted by molar-refractivity contribution is 0.371. The molecule has 1 aromatic heterocycles. The Labute approximate surface area is 131 Å². The fraction of sp³-hybridized carbons (Fsp3) is 0.438. The van der Waals surface area contributed by atoms with Gasteiger partial charge in [0.25, 0.3) is 0 Å². The van der Waals surface area contributed by atoms with E-state index in [0.29, 0.717) is 16.0 Å². The summed E-state index contributed by atoms with van der Waals surface area (Å²) in [5.41, 5.74) is 2.60. The van der Waals surface area contributed by atoms with Gasteiger partial charge in [0.2, 0.25) is 0 Å². The zero-order valence-corrected chi connectivity index (χ0v) is 14.1. The first-order valence-electron chi connectivity index (χ1n) is 6.99. The molecule has 0 fully saturated rings. The summed E-state index contributed by atoms with van der Waals surface area (Å²) in [6.45, 7) is 10.2. The zero-order chi connectivity index (χ0) is 15.3. The lowest BCUT2D eigenvalue weighted by Gasteiger charge is -2.06. The van der Waals surface area contributed by atoms with Gasteiger partial charge in [0, 0.05) is 17.0 Å². The number of halogens is 2. The van der Waals surface area contributed by atoms with Crippen LogP contribution in [0.3, 0.4) is 0 Å². The summed E-state index contributed by atoms with van der Waals surface area (Å²) >= 11 is 12.4. The van der Waals surface area contributed by atoms with Crippen LogP contribution in [0.4, 0.5) is 0 Å². The highest BCUT2D eigenvalue weighted by Gasteiger charge is 2.21. The molecule has 20 heavy (non-hydrogen) atoms. The van der Waals surface area contributed by atoms with E-state index in [1.807, 2.05) is 32.0 Å². The van der Waals surface area contributed by atoms with Crippen molar-refractivity contribution in [2.75, 3.05) is 0 Å². The van der Waals surface area contributed by atoms with E-state index in [9.17, 15) is 0 Å². The molecule has 0 atom stereocenters. The minimum absolute atomic E-state index is 0.294. The Bertz CT molecular complexity index is 541. The molecule has 0 aliphatic rings. The van der Waals surface area contributed by atoms with Gasteiger partial charge in [0.05, 0.1) is 10.0 Å². The van der Waals surface area contributed by atoms with E-state index in [1.54, 1.807) is 0 Å². The maximum atomic E-state index is 6.22. The Hall–Kier alpha value is -0.990. The maximum absolute atomic E-state index is 6.22. The lowest BCUT2D eigenvalue weighted by Crippen LogP contribution is -1.93. The minimum atomic E-state index is 0.294. The smallest absolute Gasteiger partial charge is 0.143 e. The molecule has 0 saturated carbocycles. The molecule has 2 rings (SSSR count). The molecule has 0 N–H and O–H groups in total. The lowest BCUT2D eigenvalue weighted by atomic mass is 9.99. The van der Waals surface area contributed by atoms with Crippen LogP contribution >= 0.6 is 23.2 Å². The van der Waals surface area contributed by atoms with Gasteiger partial charge in [-0.25, -0.2) is 0 Å². The summed E-state index contributed by atoms with van der Waals surface area (Å²) in [5.74, 6) is 1.20. The molecule has 0 aliphatic carbocycles. The van der Waals surface area contributed by atoms with E-state index in [2.05, 4.69) is 25.9 Å². The first-order valence-corrected chi connectivity index (χ1v) is 7.74. The van der Waals surface area contributed by atoms with Crippen molar-refractivity contribution in [3.63, 3.8) is 0 Å². The van der Waals surface area contributed by atoms with Crippen molar-refractivity contribution in [2.24, 2.45) is 0 Å². The van der Waals surface area contributed by atoms with Crippen molar-refractivity contribution < 1.29 is 4.52 Å². The van der Waals surface area contributed by atoms with E-state index >= 15 is 0 Å². The first kappa shape index (κ1) is 17.1. The number of aromatic nitrogens is 1. The van der Waals surface area contributed by atoms with Crippen LogP contribution < -0.4 is 0 Å². The number of hydrogen-bond acceptors (Lipinski definition) is 2. The number of rotatable bonds is 3. The largest absolute Gasteiger partial charge is 0.360 e. The van der Waals surface area contributed by atoms with Crippen molar-refractivity contribution in [1.82, 2.24) is 5.16 Å². The molecule has 0 spiro atoms. The molecule has 4 heteroatoms. The quantitative estimate of drug-likeness (QED) is 0.658. The van der Waals surface area contributed by atoms with Gasteiger partial charge in [0.15, 0.2) is 0 Å². The van der Waals surface area contributed by atoms with E-state index < -0.39 is 0 Å². The van der Waals surface area contributed by atoms with Gasteiger partial charge in [-0.2, -0.15) is 0 Å². The van der Waals surface area contributed by atoms with Gasteiger partial charge in [-0.05, 0) is 18.6 Å². The molecule has 110 valence electrons. The Morgan fingerprint density at radius 2 is 1.70 bits per heavy atom. The molecule has 0 radical (unpaired) electrons. The van der Waals surface area contributed by atoms with Crippen molar-refractivity contribution in [1.29, 1.82) is 0 Å². The van der Waals surface area contributed by atoms with Crippen molar-refractivity contribution in [2.45, 2.75) is 47.0 Å². The third-order valence-electron chi connectivity index (χ3n) is 2.90. The molecule has 1 heterocycles. The van der Waals surface area contributed by atoms with E-state index in [-0.39, 0.29) is 0 Å². The highest BCUT2D eigenvalue weighted by atomic mass is 35.5. The van der Waals surface area contributed by atoms with Gasteiger partial charge in [-0.1, -0.05) is 69.0 Å². The SMILES string of the molecule is CC.CCc1c(-c2c(Cl)cccc2Cl)noc1C(C)C. The monoisotopic (exact) mass is 313 g/mol. The molecular weight excluding hydrogens is 293 g/mol. The second-order valence-corrected chi connectivity index (χ2v) is 5.29. The second kappa shape index (κ2) is 7.70. The molecule has 0 bridgehead atoms. The average Bonchev–Trinajstić information content (AvgIpc) is 2.84. The molecule has 2 aromatic rings. The minimum Gasteiger partial charge on any atom is -0.360 e. The highest BCUT2D eigenvalue weighted by molar-refractivity contribution is 6.39. The molecule has 0 saturated heterocycles. The fourth-order valence-corrected chi connectivity index (χ4v) is 2.61. The first-order chi connectivity index (χ1) is 9.56. The Kier molecular flexibility index (Phi) is 6.57. The van der Waals surface area contributed by atoms with Crippen molar-refractivity contribution in [3.05, 3.63) is 39.6 Å². The fourth-order valence-electron chi connectivity index (χ4n) is 2.04. The Morgan fingerprint density at radius 1 is 1.15 bits per heavy atom. The normalized spacial score (nSPS) is 10.4. The summed E-state index contributed by atoms with van der Waals surface area (Å²) in [5, 5.41) is 5.35. The van der Waals surface area contributed by atoms with E-state index in [0.717, 1.165) is 29.0 Å². The summed E-state index contributed by atoms with van der Waals surface area (Å²) in [6.07, 6.45) is 0.841. The summed E-state index contributed by atoms with van der Waals surface area (Å²) in [4.78, 5) is 0. The van der Waals surface area contributed by atoms with Crippen LogP contribution in [0.5, 0.6) is 0 Å². The van der Waals surface area contributed by atoms with Gasteiger partial charge in [0.1, 0.15) is 11.5 Å². The van der Waals surface area contributed by atoms with Crippen LogP contribution in [0.15, 0.2) is 22.7 Å². The van der Waals surface area contributed by atoms with Gasteiger partial charge >= 0.3 is 0 Å². The summed E-state index contributed by atoms with van der Waals surface area (Å²) < 4.78 is 5.45. The summed E-state index contributed by atoms with van der Waals surface area (Å²) in [6, 6.07) is 5.45. The van der Waals surface area contributed by atoms with Crippen LogP contribution in [0.2, 0.25) is 10.0 Å². The molecule has 2 nitrogen and oxygen atoms in total. The molecule has 0 amide bonds. The topological polar surface area (TPSA) is 26.0 Å². The van der Waals surface area contributed by atoms with Crippen molar-refractivity contribution >= 4 is 23.2 Å². The Morgan fingerprint density at radius 3 is 2.15 bits per heavy atom. The molecule has 1 aromatic carbocycles. The van der Waals surface area contributed by atoms with Gasteiger partial charge in [-0.15, -0.1) is 0 Å². The van der Waals surface area contributed by atoms with Crippen molar-refractivity contribution in [3.8, 4) is 11.3 Å². The summed E-state index contributed by atoms with van der Waals surface area (Å²) in [7, 11) is 0. The highest BCUT2D eigenvalue weighted by Crippen LogP contribution is 2.38. The van der Waals surface area contributed by atoms with E-state index in [4.69, 9.17) is 27.7 Å². The Balaban J connectivity index is 0.000000956. The van der Waals surface area contributed by atoms with Gasteiger partial charge < -0.3 is 4.52 Å². The van der Waals surface area contributed by atoms with E-state index in [1.165, 1.54) is 0 Å². The predicted molar refractivity (Wildman–Crippen MR) is 86.8 cm³/mol. The maximum Gasteiger partial charge on any atom is 0.143 e. The zero-order valence-electron chi connectivity index (χ0n) is 12.6. The van der Waals surface area contributed by atoms with Crippen LogP contribution in [0, 0.1) is 0 Å². The number of nitrogens with zero attached hydrogens (tertiary/aromatic N) is 1. The van der Waals surface area contributed by atoms with Crippen LogP contribution in [-0.4, -0.2) is 5.16 Å². The second-order valence-electron chi connectivity index (χ2n) is 4.48. The third kappa shape index (κ3) is 3.36. The molecular formula is C16H21Cl2NO. The van der Waals surface area contributed by atoms with Crippen LogP contribution in [0.25, 0.3) is 11.3 Å². The average molecular weight is 314 g/mol. The van der Waals surface area contributed by atoms with Crippen LogP contribution in [0.1, 0.15) is 51.9 Å². The number of hydrogen-bond donors (Lipinski definition) is 0.